The summed E-state index contributed by atoms with van der Waals surface area (Å²) in [6.07, 6.45) is 0.792. The Labute approximate surface area is 279 Å². The third-order valence-electron chi connectivity index (χ3n) is 9.54. The second-order valence-electron chi connectivity index (χ2n) is 12.5. The minimum atomic E-state index is -1.01. The number of fused-ring (bicyclic) bond motifs is 6. The number of imidazole rings is 1. The molecule has 0 spiro atoms. The van der Waals surface area contributed by atoms with Crippen molar-refractivity contribution in [2.45, 2.75) is 32.6 Å². The average molecular weight is 598 g/mol. The quantitative estimate of drug-likeness (QED) is 0.185. The maximum absolute atomic E-state index is 9.81. The minimum absolute atomic E-state index is 0.0609. The van der Waals surface area contributed by atoms with Gasteiger partial charge in [0.25, 0.3) is 0 Å². The van der Waals surface area contributed by atoms with Gasteiger partial charge in [0.2, 0.25) is 0 Å². The Bertz CT molecular complexity index is 2810. The van der Waals surface area contributed by atoms with Gasteiger partial charge in [0, 0.05) is 17.5 Å². The van der Waals surface area contributed by atoms with Crippen molar-refractivity contribution in [3.8, 4) is 39.1 Å². The summed E-state index contributed by atoms with van der Waals surface area (Å²) in [6.45, 7) is 5.81. The molecule has 1 aromatic heterocycles. The van der Waals surface area contributed by atoms with Crippen LogP contribution in [0.1, 0.15) is 47.3 Å². The first-order chi connectivity index (χ1) is 25.5. The molecule has 0 amide bonds. The van der Waals surface area contributed by atoms with Crippen molar-refractivity contribution in [3.05, 3.63) is 156 Å². The summed E-state index contributed by atoms with van der Waals surface area (Å²) in [5, 5.41) is 3.59. The fourth-order valence-corrected chi connectivity index (χ4v) is 7.37. The number of hydrogen-bond acceptors (Lipinski definition) is 1. The SMILES string of the molecule is [2H]c1c([2H])c([2H])c2c(c1[2H])-c1c([2H])c([2H])c(-c3c4ccccc4c(-c4ccc(-n5c(CC)nc6ccccc65)cc4)c4ccccc34)c([2H])c1C2(C)C. The smallest absolute Gasteiger partial charge is 0.114 e. The highest BCUT2D eigenvalue weighted by Crippen LogP contribution is 2.51. The predicted octanol–water partition coefficient (Wildman–Crippen LogP) is 11.5. The molecule has 46 heavy (non-hydrogen) atoms. The fraction of sp³-hybridized carbons (Fsp3) is 0.114. The molecule has 0 saturated heterocycles. The summed E-state index contributed by atoms with van der Waals surface area (Å²) >= 11 is 0. The van der Waals surface area contributed by atoms with Gasteiger partial charge in [0.1, 0.15) is 5.82 Å². The van der Waals surface area contributed by atoms with Gasteiger partial charge in [-0.2, -0.15) is 0 Å². The van der Waals surface area contributed by atoms with E-state index in [1.807, 2.05) is 68.4 Å². The fourth-order valence-electron chi connectivity index (χ4n) is 7.37. The molecule has 0 saturated carbocycles. The number of para-hydroxylation sites is 2. The van der Waals surface area contributed by atoms with Crippen LogP contribution in [0.15, 0.2) is 139 Å². The minimum Gasteiger partial charge on any atom is -0.296 e. The number of aromatic nitrogens is 2. The second kappa shape index (κ2) is 10.0. The van der Waals surface area contributed by atoms with E-state index in [1.165, 1.54) is 0 Å². The summed E-state index contributed by atoms with van der Waals surface area (Å²) in [5.74, 6) is 0.990. The summed E-state index contributed by atoms with van der Waals surface area (Å²) in [4.78, 5) is 4.87. The zero-order valence-corrected chi connectivity index (χ0v) is 25.8. The molecule has 2 heteroatoms. The normalized spacial score (nSPS) is 15.5. The topological polar surface area (TPSA) is 17.8 Å². The first-order valence-electron chi connectivity index (χ1n) is 19.2. The highest BCUT2D eigenvalue weighted by Gasteiger charge is 2.35. The molecular formula is C44H34N2. The second-order valence-corrected chi connectivity index (χ2v) is 12.5. The van der Waals surface area contributed by atoms with Crippen molar-refractivity contribution in [2.75, 3.05) is 0 Å². The lowest BCUT2D eigenvalue weighted by atomic mass is 9.80. The number of aryl methyl sites for hydroxylation is 1. The van der Waals surface area contributed by atoms with Crippen LogP contribution >= 0.6 is 0 Å². The van der Waals surface area contributed by atoms with Crippen molar-refractivity contribution in [1.29, 1.82) is 0 Å². The van der Waals surface area contributed by atoms with Gasteiger partial charge < -0.3 is 0 Å². The number of rotatable bonds is 4. The van der Waals surface area contributed by atoms with Crippen molar-refractivity contribution < 1.29 is 9.60 Å². The van der Waals surface area contributed by atoms with E-state index < -0.39 is 5.41 Å². The molecule has 0 unspecified atom stereocenters. The molecule has 2 nitrogen and oxygen atoms in total. The van der Waals surface area contributed by atoms with Gasteiger partial charge in [-0.25, -0.2) is 4.98 Å². The molecular weight excluding hydrogens is 556 g/mol. The van der Waals surface area contributed by atoms with Crippen LogP contribution in [0.5, 0.6) is 0 Å². The van der Waals surface area contributed by atoms with Gasteiger partial charge in [-0.05, 0) is 96.4 Å². The molecule has 1 aliphatic rings. The van der Waals surface area contributed by atoms with E-state index in [0.717, 1.165) is 61.6 Å². The Morgan fingerprint density at radius 1 is 0.630 bits per heavy atom. The lowest BCUT2D eigenvalue weighted by Crippen LogP contribution is -2.14. The Balaban J connectivity index is 1.31. The Morgan fingerprint density at radius 2 is 1.22 bits per heavy atom. The van der Waals surface area contributed by atoms with Crippen molar-refractivity contribution >= 4 is 32.6 Å². The van der Waals surface area contributed by atoms with Gasteiger partial charge >= 0.3 is 0 Å². The summed E-state index contributed by atoms with van der Waals surface area (Å²) < 4.78 is 65.3. The van der Waals surface area contributed by atoms with E-state index in [2.05, 4.69) is 54.0 Å². The summed E-state index contributed by atoms with van der Waals surface area (Å²) in [7, 11) is 0. The lowest BCUT2D eigenvalue weighted by Gasteiger charge is -2.23. The van der Waals surface area contributed by atoms with Crippen LogP contribution in [0.25, 0.3) is 71.6 Å². The van der Waals surface area contributed by atoms with Crippen LogP contribution in [0.2, 0.25) is 0 Å². The number of hydrogen-bond donors (Lipinski definition) is 0. The Morgan fingerprint density at radius 3 is 1.89 bits per heavy atom. The van der Waals surface area contributed by atoms with E-state index in [4.69, 9.17) is 10.5 Å². The van der Waals surface area contributed by atoms with Gasteiger partial charge in [-0.1, -0.05) is 130 Å². The predicted molar refractivity (Wildman–Crippen MR) is 194 cm³/mol. The lowest BCUT2D eigenvalue weighted by molar-refractivity contribution is 0.660. The highest BCUT2D eigenvalue weighted by molar-refractivity contribution is 6.21. The van der Waals surface area contributed by atoms with E-state index in [-0.39, 0.29) is 53.4 Å². The standard InChI is InChI=1S/C44H34N2/c1-4-41-45-39-19-11-12-20-40(39)46(41)30-24-21-28(22-25-30)42-33-14-5-7-16-35(33)43(36-17-8-6-15-34(36)42)29-23-26-32-31-13-9-10-18-37(31)44(2,3)38(32)27-29/h5-27H,4H2,1-3H3/i9D,10D,13D,18D,23D,26D,27D. The molecule has 220 valence electrons. The van der Waals surface area contributed by atoms with Gasteiger partial charge in [0.15, 0.2) is 0 Å². The van der Waals surface area contributed by atoms with E-state index in [9.17, 15) is 4.11 Å². The van der Waals surface area contributed by atoms with Crippen LogP contribution in [-0.2, 0) is 11.8 Å². The molecule has 1 heterocycles. The maximum atomic E-state index is 9.81. The zero-order valence-electron chi connectivity index (χ0n) is 32.8. The third-order valence-corrected chi connectivity index (χ3v) is 9.54. The maximum Gasteiger partial charge on any atom is 0.114 e. The third kappa shape index (κ3) is 3.80. The molecule has 7 aromatic carbocycles. The first-order valence-corrected chi connectivity index (χ1v) is 15.7. The van der Waals surface area contributed by atoms with Gasteiger partial charge in [0.05, 0.1) is 20.6 Å². The average Bonchev–Trinajstić information content (AvgIpc) is 3.67. The molecule has 9 rings (SSSR count). The zero-order chi connectivity index (χ0) is 37.1. The molecule has 0 N–H and O–H groups in total. The van der Waals surface area contributed by atoms with Crippen LogP contribution in [0.3, 0.4) is 0 Å². The summed E-state index contributed by atoms with van der Waals surface area (Å²) in [6, 6.07) is 31.4. The number of benzene rings is 7. The largest absolute Gasteiger partial charge is 0.296 e. The van der Waals surface area contributed by atoms with Crippen molar-refractivity contribution in [3.63, 3.8) is 0 Å². The van der Waals surface area contributed by atoms with E-state index in [0.29, 0.717) is 22.3 Å². The highest BCUT2D eigenvalue weighted by atomic mass is 15.1. The van der Waals surface area contributed by atoms with E-state index in [1.54, 1.807) is 0 Å². The molecule has 0 aliphatic heterocycles. The van der Waals surface area contributed by atoms with Gasteiger partial charge in [-0.15, -0.1) is 0 Å². The first kappa shape index (κ1) is 20.5. The molecule has 0 atom stereocenters. The molecule has 8 aromatic rings. The number of nitrogens with zero attached hydrogens (tertiary/aromatic N) is 2. The Kier molecular flexibility index (Phi) is 4.47. The van der Waals surface area contributed by atoms with Crippen LogP contribution in [-0.4, -0.2) is 9.55 Å². The van der Waals surface area contributed by atoms with Crippen LogP contribution in [0, 0.1) is 0 Å². The monoisotopic (exact) mass is 597 g/mol. The molecule has 0 bridgehead atoms. The summed E-state index contributed by atoms with van der Waals surface area (Å²) in [5.41, 5.74) is 6.35. The molecule has 1 aliphatic carbocycles. The van der Waals surface area contributed by atoms with Gasteiger partial charge in [-0.3, -0.25) is 4.57 Å². The molecule has 0 fully saturated rings. The molecule has 0 radical (unpaired) electrons. The van der Waals surface area contributed by atoms with Crippen molar-refractivity contribution in [2.24, 2.45) is 0 Å². The van der Waals surface area contributed by atoms with Crippen LogP contribution < -0.4 is 0 Å². The Hall–Kier alpha value is -5.47. The van der Waals surface area contributed by atoms with Crippen LogP contribution in [0.4, 0.5) is 0 Å². The van der Waals surface area contributed by atoms with Crippen molar-refractivity contribution in [1.82, 2.24) is 9.55 Å². The van der Waals surface area contributed by atoms with E-state index >= 15 is 0 Å².